The zero-order valence-electron chi connectivity index (χ0n) is 15.4. The number of piperazine rings is 1. The molecule has 0 N–H and O–H groups in total. The topological polar surface area (TPSA) is 62.7 Å². The van der Waals surface area contributed by atoms with E-state index >= 15 is 0 Å². The molecule has 1 aromatic heterocycles. The van der Waals surface area contributed by atoms with Gasteiger partial charge in [-0.2, -0.15) is 0 Å². The lowest BCUT2D eigenvalue weighted by molar-refractivity contribution is 0.0534. The average molecular weight is 353 g/mol. The minimum absolute atomic E-state index is 0.00160. The summed E-state index contributed by atoms with van der Waals surface area (Å²) in [6, 6.07) is 7.16. The fourth-order valence-electron chi connectivity index (χ4n) is 3.20. The number of amides is 2. The van der Waals surface area contributed by atoms with Gasteiger partial charge < -0.3 is 14.5 Å². The molecule has 0 spiro atoms. The fraction of sp³-hybridized carbons (Fsp3) is 0.350. The molecule has 1 fully saturated rings. The lowest BCUT2D eigenvalue weighted by atomic mass is 10.0. The monoisotopic (exact) mass is 353 g/mol. The predicted octanol–water partition coefficient (Wildman–Crippen LogP) is 2.31. The number of rotatable bonds is 3. The molecule has 1 saturated heterocycles. The highest BCUT2D eigenvalue weighted by Crippen LogP contribution is 2.25. The molecule has 0 atom stereocenters. The Morgan fingerprint density at radius 3 is 2.19 bits per heavy atom. The van der Waals surface area contributed by atoms with Crippen LogP contribution in [0.4, 0.5) is 0 Å². The number of hydrogen-bond acceptors (Lipinski definition) is 4. The van der Waals surface area contributed by atoms with Gasteiger partial charge in [0.25, 0.3) is 11.8 Å². The fourth-order valence-corrected chi connectivity index (χ4v) is 3.20. The van der Waals surface area contributed by atoms with Crippen LogP contribution in [-0.4, -0.2) is 59.9 Å². The first kappa shape index (κ1) is 17.9. The van der Waals surface area contributed by atoms with Gasteiger partial charge in [0.15, 0.2) is 0 Å². The molecule has 0 radical (unpaired) electrons. The molecule has 2 aromatic rings. The summed E-state index contributed by atoms with van der Waals surface area (Å²) in [5, 5.41) is 0. The zero-order chi connectivity index (χ0) is 18.7. The van der Waals surface area contributed by atoms with Crippen molar-refractivity contribution in [1.29, 1.82) is 0 Å². The molecule has 6 heteroatoms. The number of carbonyl (C=O) groups is 2. The summed E-state index contributed by atoms with van der Waals surface area (Å²) in [6.45, 7) is 5.98. The van der Waals surface area contributed by atoms with Gasteiger partial charge in [-0.05, 0) is 49.2 Å². The Kier molecular flexibility index (Phi) is 5.21. The summed E-state index contributed by atoms with van der Waals surface area (Å²) < 4.78 is 5.31. The summed E-state index contributed by atoms with van der Waals surface area (Å²) in [4.78, 5) is 32.9. The maximum Gasteiger partial charge on any atom is 0.255 e. The second-order valence-corrected chi connectivity index (χ2v) is 6.39. The molecule has 0 bridgehead atoms. The number of aromatic nitrogens is 1. The molecule has 1 aromatic carbocycles. The van der Waals surface area contributed by atoms with Gasteiger partial charge in [0.1, 0.15) is 5.75 Å². The number of methoxy groups -OCH3 is 1. The first-order valence-electron chi connectivity index (χ1n) is 8.65. The van der Waals surface area contributed by atoms with Crippen LogP contribution in [0.1, 0.15) is 31.8 Å². The minimum Gasteiger partial charge on any atom is -0.496 e. The van der Waals surface area contributed by atoms with Gasteiger partial charge in [-0.25, -0.2) is 0 Å². The van der Waals surface area contributed by atoms with Gasteiger partial charge >= 0.3 is 0 Å². The van der Waals surface area contributed by atoms with E-state index in [4.69, 9.17) is 4.74 Å². The molecule has 26 heavy (non-hydrogen) atoms. The van der Waals surface area contributed by atoms with Crippen molar-refractivity contribution in [2.45, 2.75) is 13.8 Å². The Morgan fingerprint density at radius 2 is 1.62 bits per heavy atom. The third-order valence-corrected chi connectivity index (χ3v) is 4.95. The lowest BCUT2D eigenvalue weighted by Crippen LogP contribution is -2.50. The van der Waals surface area contributed by atoms with Gasteiger partial charge in [-0.3, -0.25) is 14.6 Å². The van der Waals surface area contributed by atoms with Crippen molar-refractivity contribution in [2.24, 2.45) is 0 Å². The quantitative estimate of drug-likeness (QED) is 0.849. The standard InChI is InChI=1S/C20H23N3O3/c1-14-15(2)18(26-3)7-6-17(14)20(25)23-11-9-22(10-12-23)19(24)16-5-4-8-21-13-16/h4-8,13H,9-12H2,1-3H3. The van der Waals surface area contributed by atoms with Crippen LogP contribution < -0.4 is 4.74 Å². The van der Waals surface area contributed by atoms with Crippen LogP contribution in [0, 0.1) is 13.8 Å². The molecule has 0 saturated carbocycles. The molecular weight excluding hydrogens is 330 g/mol. The van der Waals surface area contributed by atoms with Crippen molar-refractivity contribution in [3.63, 3.8) is 0 Å². The van der Waals surface area contributed by atoms with E-state index in [1.54, 1.807) is 41.4 Å². The Morgan fingerprint density at radius 1 is 0.962 bits per heavy atom. The van der Waals surface area contributed by atoms with Gasteiger partial charge in [0.2, 0.25) is 0 Å². The van der Waals surface area contributed by atoms with Crippen LogP contribution in [0.2, 0.25) is 0 Å². The van der Waals surface area contributed by atoms with Crippen LogP contribution in [0.25, 0.3) is 0 Å². The van der Waals surface area contributed by atoms with E-state index in [9.17, 15) is 9.59 Å². The molecule has 6 nitrogen and oxygen atoms in total. The highest BCUT2D eigenvalue weighted by atomic mass is 16.5. The molecule has 3 rings (SSSR count). The first-order valence-corrected chi connectivity index (χ1v) is 8.65. The summed E-state index contributed by atoms with van der Waals surface area (Å²) in [6.07, 6.45) is 3.22. The van der Waals surface area contributed by atoms with Crippen molar-refractivity contribution in [3.8, 4) is 5.75 Å². The number of ether oxygens (including phenoxy) is 1. The number of hydrogen-bond donors (Lipinski definition) is 0. The van der Waals surface area contributed by atoms with Gasteiger partial charge in [-0.1, -0.05) is 0 Å². The Hall–Kier alpha value is -2.89. The molecule has 1 aliphatic heterocycles. The van der Waals surface area contributed by atoms with Crippen molar-refractivity contribution in [1.82, 2.24) is 14.8 Å². The summed E-state index contributed by atoms with van der Waals surface area (Å²) in [5.41, 5.74) is 3.18. The molecule has 136 valence electrons. The van der Waals surface area contributed by atoms with E-state index in [-0.39, 0.29) is 11.8 Å². The van der Waals surface area contributed by atoms with E-state index in [0.717, 1.165) is 16.9 Å². The smallest absolute Gasteiger partial charge is 0.255 e. The van der Waals surface area contributed by atoms with E-state index in [2.05, 4.69) is 4.98 Å². The van der Waals surface area contributed by atoms with Crippen molar-refractivity contribution in [2.75, 3.05) is 33.3 Å². The van der Waals surface area contributed by atoms with E-state index in [1.165, 1.54) is 0 Å². The second kappa shape index (κ2) is 7.56. The third kappa shape index (κ3) is 3.40. The highest BCUT2D eigenvalue weighted by molar-refractivity contribution is 5.97. The van der Waals surface area contributed by atoms with Crippen LogP contribution in [-0.2, 0) is 0 Å². The Balaban J connectivity index is 1.68. The first-order chi connectivity index (χ1) is 12.5. The molecular formula is C20H23N3O3. The number of benzene rings is 1. The van der Waals surface area contributed by atoms with E-state index in [1.807, 2.05) is 26.0 Å². The third-order valence-electron chi connectivity index (χ3n) is 4.95. The summed E-state index contributed by atoms with van der Waals surface area (Å²) >= 11 is 0. The van der Waals surface area contributed by atoms with Crippen LogP contribution in [0.15, 0.2) is 36.7 Å². The molecule has 2 heterocycles. The highest BCUT2D eigenvalue weighted by Gasteiger charge is 2.26. The predicted molar refractivity (Wildman–Crippen MR) is 98.5 cm³/mol. The van der Waals surface area contributed by atoms with Crippen molar-refractivity contribution >= 4 is 11.8 Å². The summed E-state index contributed by atoms with van der Waals surface area (Å²) in [5.74, 6) is 0.745. The van der Waals surface area contributed by atoms with E-state index in [0.29, 0.717) is 37.3 Å². The van der Waals surface area contributed by atoms with Crippen LogP contribution in [0.5, 0.6) is 5.75 Å². The van der Waals surface area contributed by atoms with Crippen molar-refractivity contribution < 1.29 is 14.3 Å². The van der Waals surface area contributed by atoms with Gasteiger partial charge in [0.05, 0.1) is 12.7 Å². The minimum atomic E-state index is -0.0401. The van der Waals surface area contributed by atoms with Crippen LogP contribution in [0.3, 0.4) is 0 Å². The van der Waals surface area contributed by atoms with Gasteiger partial charge in [0, 0.05) is 44.1 Å². The van der Waals surface area contributed by atoms with E-state index < -0.39 is 0 Å². The van der Waals surface area contributed by atoms with Crippen molar-refractivity contribution in [3.05, 3.63) is 58.9 Å². The molecule has 0 unspecified atom stereocenters. The number of carbonyl (C=O) groups excluding carboxylic acids is 2. The SMILES string of the molecule is COc1ccc(C(=O)N2CCN(C(=O)c3cccnc3)CC2)c(C)c1C. The zero-order valence-corrected chi connectivity index (χ0v) is 15.4. The van der Waals surface area contributed by atoms with Gasteiger partial charge in [-0.15, -0.1) is 0 Å². The normalized spacial score (nSPS) is 14.3. The number of pyridine rings is 1. The lowest BCUT2D eigenvalue weighted by Gasteiger charge is -2.35. The number of nitrogens with zero attached hydrogens (tertiary/aromatic N) is 3. The maximum absolute atomic E-state index is 12.9. The Bertz CT molecular complexity index is 813. The molecule has 0 aliphatic carbocycles. The average Bonchev–Trinajstić information content (AvgIpc) is 2.70. The Labute approximate surface area is 153 Å². The molecule has 1 aliphatic rings. The largest absolute Gasteiger partial charge is 0.496 e. The summed E-state index contributed by atoms with van der Waals surface area (Å²) in [7, 11) is 1.63. The second-order valence-electron chi connectivity index (χ2n) is 6.39. The maximum atomic E-state index is 12.9. The van der Waals surface area contributed by atoms with Crippen LogP contribution >= 0.6 is 0 Å². The molecule has 2 amide bonds.